The molecule has 33 heavy (non-hydrogen) atoms. The first kappa shape index (κ1) is 22.8. The third kappa shape index (κ3) is 5.18. The summed E-state index contributed by atoms with van der Waals surface area (Å²) in [7, 11) is 0. The Morgan fingerprint density at radius 3 is 2.45 bits per heavy atom. The van der Waals surface area contributed by atoms with Gasteiger partial charge in [-0.25, -0.2) is 9.69 Å². The van der Waals surface area contributed by atoms with Crippen LogP contribution in [-0.4, -0.2) is 51.4 Å². The molecule has 1 aliphatic rings. The van der Waals surface area contributed by atoms with Crippen LogP contribution in [0.5, 0.6) is 0 Å². The number of nitrogens with zero attached hydrogens (tertiary/aromatic N) is 3. The largest absolute Gasteiger partial charge is 0.480 e. The van der Waals surface area contributed by atoms with E-state index in [1.807, 2.05) is 42.3 Å². The van der Waals surface area contributed by atoms with Crippen LogP contribution in [0.15, 0.2) is 48.5 Å². The Bertz CT molecular complexity index is 1150. The molecule has 0 spiro atoms. The van der Waals surface area contributed by atoms with Crippen LogP contribution in [-0.2, 0) is 4.79 Å². The van der Waals surface area contributed by atoms with Gasteiger partial charge in [-0.05, 0) is 44.0 Å². The van der Waals surface area contributed by atoms with Crippen molar-refractivity contribution in [2.75, 3.05) is 25.0 Å². The number of aliphatic carboxylic acids is 1. The number of hydrogen-bond donors (Lipinski definition) is 3. The van der Waals surface area contributed by atoms with Gasteiger partial charge in [-0.2, -0.15) is 5.10 Å². The Labute approximate surface area is 197 Å². The van der Waals surface area contributed by atoms with Crippen molar-refractivity contribution in [2.45, 2.75) is 26.2 Å². The molecule has 1 aromatic heterocycles. The molecule has 172 valence electrons. The van der Waals surface area contributed by atoms with Crippen molar-refractivity contribution in [3.8, 4) is 16.9 Å². The fourth-order valence-electron chi connectivity index (χ4n) is 4.01. The molecule has 8 nitrogen and oxygen atoms in total. The predicted molar refractivity (Wildman–Crippen MR) is 128 cm³/mol. The second kappa shape index (κ2) is 10.1. The highest BCUT2D eigenvalue weighted by Gasteiger charge is 2.25. The number of hydrogen-bond acceptors (Lipinski definition) is 5. The SMILES string of the molecule is Cc1c(C(=O)NN2CCCCC2)nn(-c2ccccc2NCC(=O)O)c1-c1ccc(Cl)cc1. The second-order valence-corrected chi connectivity index (χ2v) is 8.43. The van der Waals surface area contributed by atoms with Crippen LogP contribution in [0.2, 0.25) is 5.02 Å². The van der Waals surface area contributed by atoms with Crippen molar-refractivity contribution in [1.82, 2.24) is 20.2 Å². The van der Waals surface area contributed by atoms with Crippen molar-refractivity contribution >= 4 is 29.2 Å². The Morgan fingerprint density at radius 2 is 1.76 bits per heavy atom. The Kier molecular flexibility index (Phi) is 6.96. The molecule has 3 aromatic rings. The molecule has 1 fully saturated rings. The molecule has 2 heterocycles. The standard InChI is InChI=1S/C24H26ClN5O3/c1-16-22(24(33)28-29-13-5-2-6-14-29)27-30(23(16)17-9-11-18(25)12-10-17)20-8-4-3-7-19(20)26-15-21(31)32/h3-4,7-12,26H,2,5-6,13-15H2,1H3,(H,28,33)(H,31,32). The smallest absolute Gasteiger partial charge is 0.322 e. The molecule has 0 unspecified atom stereocenters. The van der Waals surface area contributed by atoms with E-state index in [4.69, 9.17) is 16.7 Å². The van der Waals surface area contributed by atoms with Crippen LogP contribution >= 0.6 is 11.6 Å². The maximum atomic E-state index is 13.2. The Balaban J connectivity index is 1.79. The van der Waals surface area contributed by atoms with E-state index in [-0.39, 0.29) is 12.5 Å². The lowest BCUT2D eigenvalue weighted by Gasteiger charge is -2.26. The van der Waals surface area contributed by atoms with Gasteiger partial charge in [-0.3, -0.25) is 15.0 Å². The minimum atomic E-state index is -0.971. The number of para-hydroxylation sites is 2. The highest BCUT2D eigenvalue weighted by atomic mass is 35.5. The number of piperidine rings is 1. The number of carboxylic acid groups (broad SMARTS) is 1. The highest BCUT2D eigenvalue weighted by Crippen LogP contribution is 2.32. The molecular formula is C24H26ClN5O3. The molecule has 1 aliphatic heterocycles. The first-order valence-corrected chi connectivity index (χ1v) is 11.3. The monoisotopic (exact) mass is 467 g/mol. The molecule has 1 amide bonds. The molecule has 9 heteroatoms. The van der Waals surface area contributed by atoms with E-state index in [1.165, 1.54) is 6.42 Å². The zero-order valence-corrected chi connectivity index (χ0v) is 19.1. The van der Waals surface area contributed by atoms with Gasteiger partial charge < -0.3 is 10.4 Å². The van der Waals surface area contributed by atoms with E-state index in [0.29, 0.717) is 22.1 Å². The third-order valence-electron chi connectivity index (χ3n) is 5.63. The summed E-state index contributed by atoms with van der Waals surface area (Å²) in [4.78, 5) is 24.3. The summed E-state index contributed by atoms with van der Waals surface area (Å²) >= 11 is 6.10. The highest BCUT2D eigenvalue weighted by molar-refractivity contribution is 6.30. The van der Waals surface area contributed by atoms with Crippen molar-refractivity contribution in [3.63, 3.8) is 0 Å². The predicted octanol–water partition coefficient (Wildman–Crippen LogP) is 4.13. The van der Waals surface area contributed by atoms with Gasteiger partial charge in [0.25, 0.3) is 5.91 Å². The zero-order chi connectivity index (χ0) is 23.4. The van der Waals surface area contributed by atoms with Crippen molar-refractivity contribution in [3.05, 3.63) is 64.8 Å². The number of aromatic nitrogens is 2. The summed E-state index contributed by atoms with van der Waals surface area (Å²) in [6.45, 7) is 3.26. The number of rotatable bonds is 7. The van der Waals surface area contributed by atoms with Gasteiger partial charge in [0.05, 0.1) is 17.1 Å². The first-order chi connectivity index (χ1) is 15.9. The minimum absolute atomic E-state index is 0.240. The van der Waals surface area contributed by atoms with Gasteiger partial charge in [0, 0.05) is 29.2 Å². The van der Waals surface area contributed by atoms with Gasteiger partial charge in [0.15, 0.2) is 5.69 Å². The van der Waals surface area contributed by atoms with Gasteiger partial charge in [-0.1, -0.05) is 42.3 Å². The number of carbonyl (C=O) groups excluding carboxylic acids is 1. The zero-order valence-electron chi connectivity index (χ0n) is 18.3. The third-order valence-corrected chi connectivity index (χ3v) is 5.88. The average Bonchev–Trinajstić information content (AvgIpc) is 3.16. The van der Waals surface area contributed by atoms with E-state index < -0.39 is 5.97 Å². The molecule has 0 atom stereocenters. The molecular weight excluding hydrogens is 442 g/mol. The van der Waals surface area contributed by atoms with Crippen LogP contribution in [0.1, 0.15) is 35.3 Å². The maximum Gasteiger partial charge on any atom is 0.322 e. The lowest BCUT2D eigenvalue weighted by atomic mass is 10.1. The summed E-state index contributed by atoms with van der Waals surface area (Å²) in [5.74, 6) is -1.24. The van der Waals surface area contributed by atoms with E-state index in [2.05, 4.69) is 15.8 Å². The van der Waals surface area contributed by atoms with E-state index in [9.17, 15) is 9.59 Å². The number of amides is 1. The maximum absolute atomic E-state index is 13.2. The van der Waals surface area contributed by atoms with Crippen molar-refractivity contribution in [2.24, 2.45) is 0 Å². The van der Waals surface area contributed by atoms with Gasteiger partial charge in [-0.15, -0.1) is 0 Å². The van der Waals surface area contributed by atoms with Gasteiger partial charge >= 0.3 is 5.97 Å². The van der Waals surface area contributed by atoms with Crippen molar-refractivity contribution in [1.29, 1.82) is 0 Å². The molecule has 0 radical (unpaired) electrons. The van der Waals surface area contributed by atoms with Gasteiger partial charge in [0.1, 0.15) is 6.54 Å². The van der Waals surface area contributed by atoms with Crippen molar-refractivity contribution < 1.29 is 14.7 Å². The topological polar surface area (TPSA) is 99.5 Å². The van der Waals surface area contributed by atoms with E-state index >= 15 is 0 Å². The van der Waals surface area contributed by atoms with Crippen LogP contribution in [0.4, 0.5) is 5.69 Å². The second-order valence-electron chi connectivity index (χ2n) is 7.99. The lowest BCUT2D eigenvalue weighted by molar-refractivity contribution is -0.134. The number of anilines is 1. The molecule has 3 N–H and O–H groups in total. The summed E-state index contributed by atoms with van der Waals surface area (Å²) in [5.41, 5.74) is 6.85. The summed E-state index contributed by atoms with van der Waals surface area (Å²) < 4.78 is 1.69. The number of nitrogens with one attached hydrogen (secondary N) is 2. The van der Waals surface area contributed by atoms with Crippen LogP contribution < -0.4 is 10.7 Å². The fourth-order valence-corrected chi connectivity index (χ4v) is 4.14. The molecule has 0 saturated carbocycles. The Morgan fingerprint density at radius 1 is 1.06 bits per heavy atom. The molecule has 1 saturated heterocycles. The van der Waals surface area contributed by atoms with Crippen LogP contribution in [0.25, 0.3) is 16.9 Å². The number of hydrazine groups is 1. The summed E-state index contributed by atoms with van der Waals surface area (Å²) in [6.07, 6.45) is 3.26. The molecule has 2 aromatic carbocycles. The fraction of sp³-hybridized carbons (Fsp3) is 0.292. The van der Waals surface area contributed by atoms with Crippen LogP contribution in [0, 0.1) is 6.92 Å². The first-order valence-electron chi connectivity index (χ1n) is 10.9. The molecule has 0 aliphatic carbocycles. The van der Waals surface area contributed by atoms with Crippen LogP contribution in [0.3, 0.4) is 0 Å². The number of benzene rings is 2. The Hall–Kier alpha value is -3.36. The van der Waals surface area contributed by atoms with E-state index in [0.717, 1.165) is 42.8 Å². The number of carboxylic acids is 1. The lowest BCUT2D eigenvalue weighted by Crippen LogP contribution is -2.45. The summed E-state index contributed by atoms with van der Waals surface area (Å²) in [5, 5.41) is 19.3. The average molecular weight is 468 g/mol. The van der Waals surface area contributed by atoms with E-state index in [1.54, 1.807) is 22.9 Å². The molecule has 0 bridgehead atoms. The molecule has 4 rings (SSSR count). The number of halogens is 1. The normalized spacial score (nSPS) is 14.1. The quantitative estimate of drug-likeness (QED) is 0.483. The van der Waals surface area contributed by atoms with Gasteiger partial charge in [0.2, 0.25) is 0 Å². The minimum Gasteiger partial charge on any atom is -0.480 e. The summed E-state index contributed by atoms with van der Waals surface area (Å²) in [6, 6.07) is 14.6. The number of carbonyl (C=O) groups is 2.